The molecule has 8 aromatic rings. The van der Waals surface area contributed by atoms with Crippen LogP contribution < -0.4 is 0 Å². The summed E-state index contributed by atoms with van der Waals surface area (Å²) < 4.78 is 4.70. The van der Waals surface area contributed by atoms with Gasteiger partial charge in [0.05, 0.1) is 27.8 Å². The number of benzene rings is 5. The van der Waals surface area contributed by atoms with Crippen molar-refractivity contribution < 1.29 is 0 Å². The Morgan fingerprint density at radius 1 is 0.421 bits per heavy atom. The molecule has 0 spiro atoms. The van der Waals surface area contributed by atoms with Crippen LogP contribution in [0.15, 0.2) is 140 Å². The minimum atomic E-state index is 0.987. The lowest BCUT2D eigenvalue weighted by Gasteiger charge is -2.11. The summed E-state index contributed by atoms with van der Waals surface area (Å²) >= 11 is 0. The average molecular weight is 486 g/mol. The molecule has 0 aliphatic rings. The van der Waals surface area contributed by atoms with Crippen molar-refractivity contribution in [2.45, 2.75) is 0 Å². The van der Waals surface area contributed by atoms with E-state index in [1.807, 2.05) is 6.20 Å². The van der Waals surface area contributed by atoms with Gasteiger partial charge in [-0.3, -0.25) is 4.98 Å². The number of aromatic nitrogens is 3. The molecule has 0 amide bonds. The largest absolute Gasteiger partial charge is 0.309 e. The first kappa shape index (κ1) is 21.0. The van der Waals surface area contributed by atoms with Crippen LogP contribution in [0.4, 0.5) is 0 Å². The number of pyridine rings is 1. The third kappa shape index (κ3) is 2.99. The van der Waals surface area contributed by atoms with Crippen molar-refractivity contribution in [1.82, 2.24) is 14.1 Å². The summed E-state index contributed by atoms with van der Waals surface area (Å²) in [5.74, 6) is 0. The molecule has 0 radical (unpaired) electrons. The zero-order valence-electron chi connectivity index (χ0n) is 20.6. The quantitative estimate of drug-likeness (QED) is 0.245. The zero-order valence-corrected chi connectivity index (χ0v) is 20.6. The normalized spacial score (nSPS) is 11.7. The van der Waals surface area contributed by atoms with Gasteiger partial charge in [0.25, 0.3) is 0 Å². The fourth-order valence-corrected chi connectivity index (χ4v) is 5.95. The molecule has 178 valence electrons. The van der Waals surface area contributed by atoms with Gasteiger partial charge in [0.2, 0.25) is 0 Å². The van der Waals surface area contributed by atoms with E-state index in [9.17, 15) is 0 Å². The molecule has 0 fully saturated rings. The summed E-state index contributed by atoms with van der Waals surface area (Å²) in [6.45, 7) is 0. The maximum absolute atomic E-state index is 4.98. The van der Waals surface area contributed by atoms with Crippen molar-refractivity contribution in [2.75, 3.05) is 0 Å². The van der Waals surface area contributed by atoms with Gasteiger partial charge in [-0.2, -0.15) is 0 Å². The van der Waals surface area contributed by atoms with Gasteiger partial charge in [-0.15, -0.1) is 0 Å². The highest BCUT2D eigenvalue weighted by atomic mass is 15.0. The molecule has 38 heavy (non-hydrogen) atoms. The third-order valence-corrected chi connectivity index (χ3v) is 7.56. The summed E-state index contributed by atoms with van der Waals surface area (Å²) in [5, 5.41) is 4.91. The van der Waals surface area contributed by atoms with Crippen molar-refractivity contribution >= 4 is 43.6 Å². The van der Waals surface area contributed by atoms with E-state index in [4.69, 9.17) is 4.98 Å². The minimum absolute atomic E-state index is 0.987. The highest BCUT2D eigenvalue weighted by Crippen LogP contribution is 2.39. The Hall–Kier alpha value is -5.15. The number of hydrogen-bond acceptors (Lipinski definition) is 1. The fraction of sp³-hybridized carbons (Fsp3) is 0. The second kappa shape index (κ2) is 8.19. The molecule has 3 nitrogen and oxygen atoms in total. The Morgan fingerprint density at radius 3 is 1.68 bits per heavy atom. The van der Waals surface area contributed by atoms with Crippen molar-refractivity contribution in [3.8, 4) is 22.6 Å². The van der Waals surface area contributed by atoms with Crippen molar-refractivity contribution in [3.63, 3.8) is 0 Å². The molecule has 3 aromatic heterocycles. The third-order valence-electron chi connectivity index (χ3n) is 7.56. The van der Waals surface area contributed by atoms with Crippen molar-refractivity contribution in [1.29, 1.82) is 0 Å². The summed E-state index contributed by atoms with van der Waals surface area (Å²) in [7, 11) is 0. The molecule has 0 N–H and O–H groups in total. The molecular weight excluding hydrogens is 462 g/mol. The number of fused-ring (bicyclic) bond motifs is 6. The van der Waals surface area contributed by atoms with E-state index in [1.54, 1.807) is 0 Å². The monoisotopic (exact) mass is 485 g/mol. The molecule has 0 saturated carbocycles. The van der Waals surface area contributed by atoms with Gasteiger partial charge in [0.15, 0.2) is 0 Å². The molecule has 5 aromatic carbocycles. The van der Waals surface area contributed by atoms with E-state index in [0.717, 1.165) is 28.1 Å². The van der Waals surface area contributed by atoms with Crippen LogP contribution in [0, 0.1) is 0 Å². The van der Waals surface area contributed by atoms with Crippen LogP contribution in [-0.4, -0.2) is 14.1 Å². The molecule has 0 aliphatic heterocycles. The van der Waals surface area contributed by atoms with Gasteiger partial charge >= 0.3 is 0 Å². The van der Waals surface area contributed by atoms with Gasteiger partial charge in [-0.05, 0) is 54.6 Å². The molecule has 0 unspecified atom stereocenters. The Labute approximate surface area is 219 Å². The number of rotatable bonds is 3. The topological polar surface area (TPSA) is 22.8 Å². The smallest absolute Gasteiger partial charge is 0.0949 e. The van der Waals surface area contributed by atoms with Gasteiger partial charge in [-0.1, -0.05) is 78.9 Å². The summed E-state index contributed by atoms with van der Waals surface area (Å²) in [4.78, 5) is 4.98. The highest BCUT2D eigenvalue weighted by molar-refractivity contribution is 6.15. The number of para-hydroxylation sites is 4. The van der Waals surface area contributed by atoms with E-state index in [2.05, 4.69) is 143 Å². The van der Waals surface area contributed by atoms with Crippen LogP contribution in [-0.2, 0) is 0 Å². The van der Waals surface area contributed by atoms with Crippen molar-refractivity contribution in [2.24, 2.45) is 0 Å². The van der Waals surface area contributed by atoms with E-state index in [0.29, 0.717) is 0 Å². The van der Waals surface area contributed by atoms with Crippen LogP contribution in [0.25, 0.3) is 66.2 Å². The van der Waals surface area contributed by atoms with Gasteiger partial charge in [0.1, 0.15) is 0 Å². The zero-order chi connectivity index (χ0) is 25.1. The fourth-order valence-electron chi connectivity index (χ4n) is 5.95. The van der Waals surface area contributed by atoms with Crippen LogP contribution in [0.5, 0.6) is 0 Å². The van der Waals surface area contributed by atoms with Crippen LogP contribution in [0.3, 0.4) is 0 Å². The molecule has 0 bridgehead atoms. The van der Waals surface area contributed by atoms with Gasteiger partial charge < -0.3 is 9.13 Å². The first-order valence-electron chi connectivity index (χ1n) is 12.9. The lowest BCUT2D eigenvalue weighted by atomic mass is 10.0. The number of hydrogen-bond donors (Lipinski definition) is 0. The predicted molar refractivity (Wildman–Crippen MR) is 158 cm³/mol. The van der Waals surface area contributed by atoms with Crippen LogP contribution in [0.2, 0.25) is 0 Å². The Bertz CT molecular complexity index is 2120. The van der Waals surface area contributed by atoms with Crippen molar-refractivity contribution in [3.05, 3.63) is 140 Å². The predicted octanol–water partition coefficient (Wildman–Crippen LogP) is 8.94. The standard InChI is InChI=1S/C35H23N3/c1-3-11-25(12-4-1)37-31-17-9-8-16-28(31)30-23-24(19-20-33(30)37)34-35-29(21-22-36-34)27-15-7-10-18-32(27)38(35)26-13-5-2-6-14-26/h1-23H. The first-order valence-corrected chi connectivity index (χ1v) is 12.9. The maximum atomic E-state index is 4.98. The Balaban J connectivity index is 1.46. The maximum Gasteiger partial charge on any atom is 0.0949 e. The molecule has 3 heterocycles. The van der Waals surface area contributed by atoms with E-state index >= 15 is 0 Å². The first-order chi connectivity index (χ1) is 18.9. The molecule has 0 saturated heterocycles. The molecule has 0 atom stereocenters. The Morgan fingerprint density at radius 2 is 0.974 bits per heavy atom. The van der Waals surface area contributed by atoms with Crippen LogP contribution in [0.1, 0.15) is 0 Å². The summed E-state index contributed by atoms with van der Waals surface area (Å²) in [5.41, 5.74) is 9.11. The van der Waals surface area contributed by atoms with E-state index in [1.165, 1.54) is 38.1 Å². The van der Waals surface area contributed by atoms with Gasteiger partial charge in [-0.25, -0.2) is 0 Å². The van der Waals surface area contributed by atoms with Crippen LogP contribution >= 0.6 is 0 Å². The molecule has 0 aliphatic carbocycles. The Kier molecular flexibility index (Phi) is 4.52. The second-order valence-corrected chi connectivity index (χ2v) is 9.66. The van der Waals surface area contributed by atoms with E-state index < -0.39 is 0 Å². The SMILES string of the molecule is c1ccc(-n2c3ccccc3c3cc(-c4nccc5c6ccccc6n(-c6ccccc6)c45)ccc32)cc1. The minimum Gasteiger partial charge on any atom is -0.309 e. The molecule has 3 heteroatoms. The van der Waals surface area contributed by atoms with E-state index in [-0.39, 0.29) is 0 Å². The average Bonchev–Trinajstić information content (AvgIpc) is 3.51. The lowest BCUT2D eigenvalue weighted by Crippen LogP contribution is -1.96. The second-order valence-electron chi connectivity index (χ2n) is 9.66. The highest BCUT2D eigenvalue weighted by Gasteiger charge is 2.19. The molecular formula is C35H23N3. The summed E-state index contributed by atoms with van der Waals surface area (Å²) in [6, 6.07) is 47.4. The van der Waals surface area contributed by atoms with Gasteiger partial charge in [0, 0.05) is 44.7 Å². The number of nitrogens with zero attached hydrogens (tertiary/aromatic N) is 3. The lowest BCUT2D eigenvalue weighted by molar-refractivity contribution is 1.17. The molecule has 8 rings (SSSR count). The summed E-state index contributed by atoms with van der Waals surface area (Å²) in [6.07, 6.45) is 1.94.